The highest BCUT2D eigenvalue weighted by Gasteiger charge is 2.27. The van der Waals surface area contributed by atoms with Crippen LogP contribution in [0.15, 0.2) is 18.2 Å². The Kier molecular flexibility index (Phi) is 4.50. The molecule has 0 aliphatic rings. The minimum absolute atomic E-state index is 0.00183. The third kappa shape index (κ3) is 3.45. The lowest BCUT2D eigenvalue weighted by molar-refractivity contribution is -0.123. The zero-order valence-electron chi connectivity index (χ0n) is 11.2. The number of carbonyl (C=O) groups is 2. The smallest absolute Gasteiger partial charge is 0.337 e. The zero-order chi connectivity index (χ0) is 14.6. The monoisotopic (exact) mass is 266 g/mol. The summed E-state index contributed by atoms with van der Waals surface area (Å²) in [6.45, 7) is 3.52. The number of aromatic carboxylic acids is 1. The number of methoxy groups -OCH3 is 1. The Hall–Kier alpha value is -2.08. The van der Waals surface area contributed by atoms with Crippen LogP contribution >= 0.6 is 0 Å². The molecule has 1 aromatic rings. The third-order valence-corrected chi connectivity index (χ3v) is 2.83. The number of carboxylic acid groups (broad SMARTS) is 1. The second-order valence-electron chi connectivity index (χ2n) is 4.76. The summed E-state index contributed by atoms with van der Waals surface area (Å²) in [5.41, 5.74) is 4.93. The Balaban J connectivity index is 3.11. The summed E-state index contributed by atoms with van der Waals surface area (Å²) >= 11 is 0. The van der Waals surface area contributed by atoms with E-state index in [2.05, 4.69) is 5.32 Å². The van der Waals surface area contributed by atoms with Crippen molar-refractivity contribution in [2.45, 2.75) is 13.8 Å². The second kappa shape index (κ2) is 5.71. The molecule has 0 aliphatic heterocycles. The molecule has 0 radical (unpaired) electrons. The molecular formula is C13H18N2O4. The van der Waals surface area contributed by atoms with E-state index in [4.69, 9.17) is 15.6 Å². The first-order valence-corrected chi connectivity index (χ1v) is 5.74. The van der Waals surface area contributed by atoms with Crippen molar-refractivity contribution in [3.05, 3.63) is 23.8 Å². The highest BCUT2D eigenvalue weighted by molar-refractivity contribution is 6.02. The summed E-state index contributed by atoms with van der Waals surface area (Å²) in [6.07, 6.45) is 0. The molecule has 19 heavy (non-hydrogen) atoms. The Labute approximate surface area is 111 Å². The number of hydrogen-bond acceptors (Lipinski definition) is 4. The fraction of sp³-hybridized carbons (Fsp3) is 0.385. The normalized spacial score (nSPS) is 10.9. The van der Waals surface area contributed by atoms with Gasteiger partial charge >= 0.3 is 5.97 Å². The molecule has 0 fully saturated rings. The number of anilines is 1. The number of benzene rings is 1. The van der Waals surface area contributed by atoms with Gasteiger partial charge < -0.3 is 20.9 Å². The van der Waals surface area contributed by atoms with Crippen LogP contribution in [0.2, 0.25) is 0 Å². The van der Waals surface area contributed by atoms with Crippen LogP contribution in [0.3, 0.4) is 0 Å². The summed E-state index contributed by atoms with van der Waals surface area (Å²) in [6, 6.07) is 4.37. The van der Waals surface area contributed by atoms with Gasteiger partial charge in [0.15, 0.2) is 0 Å². The van der Waals surface area contributed by atoms with Crippen molar-refractivity contribution in [2.75, 3.05) is 19.0 Å². The maximum Gasteiger partial charge on any atom is 0.337 e. The standard InChI is InChI=1S/C13H18N2O4/c1-13(2,7-14)12(18)15-10-6-8(19-3)4-5-9(10)11(16)17/h4-6H,7,14H2,1-3H3,(H,15,18)(H,16,17). The van der Waals surface area contributed by atoms with Gasteiger partial charge in [0.1, 0.15) is 5.75 Å². The van der Waals surface area contributed by atoms with E-state index in [1.54, 1.807) is 13.8 Å². The third-order valence-electron chi connectivity index (χ3n) is 2.83. The Morgan fingerprint density at radius 2 is 2.05 bits per heavy atom. The van der Waals surface area contributed by atoms with Gasteiger partial charge in [0.05, 0.1) is 23.8 Å². The first-order valence-electron chi connectivity index (χ1n) is 5.74. The van der Waals surface area contributed by atoms with Crippen molar-refractivity contribution in [1.82, 2.24) is 0 Å². The Morgan fingerprint density at radius 1 is 1.42 bits per heavy atom. The molecular weight excluding hydrogens is 248 g/mol. The Bertz CT molecular complexity index is 497. The van der Waals surface area contributed by atoms with Crippen LogP contribution in [-0.2, 0) is 4.79 Å². The van der Waals surface area contributed by atoms with E-state index in [0.717, 1.165) is 0 Å². The van der Waals surface area contributed by atoms with Crippen LogP contribution < -0.4 is 15.8 Å². The minimum atomic E-state index is -1.12. The fourth-order valence-corrected chi connectivity index (χ4v) is 1.32. The topological polar surface area (TPSA) is 102 Å². The van der Waals surface area contributed by atoms with Crippen molar-refractivity contribution in [3.8, 4) is 5.75 Å². The molecule has 1 amide bonds. The maximum atomic E-state index is 12.0. The number of carbonyl (C=O) groups excluding carboxylic acids is 1. The molecule has 0 spiro atoms. The van der Waals surface area contributed by atoms with Gasteiger partial charge in [-0.05, 0) is 26.0 Å². The zero-order valence-corrected chi connectivity index (χ0v) is 11.2. The molecule has 0 bridgehead atoms. The summed E-state index contributed by atoms with van der Waals surface area (Å²) < 4.78 is 5.01. The van der Waals surface area contributed by atoms with Gasteiger partial charge in [0.2, 0.25) is 5.91 Å². The molecule has 6 heteroatoms. The van der Waals surface area contributed by atoms with Crippen LogP contribution in [-0.4, -0.2) is 30.6 Å². The van der Waals surface area contributed by atoms with Gasteiger partial charge in [-0.15, -0.1) is 0 Å². The van der Waals surface area contributed by atoms with Crippen LogP contribution in [0.4, 0.5) is 5.69 Å². The quantitative estimate of drug-likeness (QED) is 0.746. The predicted molar refractivity (Wildman–Crippen MR) is 71.4 cm³/mol. The lowest BCUT2D eigenvalue weighted by Crippen LogP contribution is -2.37. The highest BCUT2D eigenvalue weighted by atomic mass is 16.5. The van der Waals surface area contributed by atoms with Crippen LogP contribution in [0.5, 0.6) is 5.75 Å². The lowest BCUT2D eigenvalue weighted by atomic mass is 9.92. The van der Waals surface area contributed by atoms with Crippen molar-refractivity contribution < 1.29 is 19.4 Å². The van der Waals surface area contributed by atoms with E-state index >= 15 is 0 Å². The summed E-state index contributed by atoms with van der Waals surface area (Å²) in [5.74, 6) is -1.000. The van der Waals surface area contributed by atoms with Crippen molar-refractivity contribution in [3.63, 3.8) is 0 Å². The molecule has 0 saturated heterocycles. The van der Waals surface area contributed by atoms with E-state index in [1.807, 2.05) is 0 Å². The van der Waals surface area contributed by atoms with Crippen LogP contribution in [0, 0.1) is 5.41 Å². The van der Waals surface area contributed by atoms with E-state index in [-0.39, 0.29) is 23.7 Å². The minimum Gasteiger partial charge on any atom is -0.497 e. The number of hydrogen-bond donors (Lipinski definition) is 3. The SMILES string of the molecule is COc1ccc(C(=O)O)c(NC(=O)C(C)(C)CN)c1. The molecule has 104 valence electrons. The predicted octanol–water partition coefficient (Wildman–Crippen LogP) is 1.32. The van der Waals surface area contributed by atoms with E-state index in [0.29, 0.717) is 5.75 Å². The number of ether oxygens (including phenoxy) is 1. The average Bonchev–Trinajstić information content (AvgIpc) is 2.38. The molecule has 4 N–H and O–H groups in total. The lowest BCUT2D eigenvalue weighted by Gasteiger charge is -2.22. The molecule has 1 rings (SSSR count). The fourth-order valence-electron chi connectivity index (χ4n) is 1.32. The van der Waals surface area contributed by atoms with Gasteiger partial charge in [0, 0.05) is 12.6 Å². The van der Waals surface area contributed by atoms with Crippen molar-refractivity contribution in [2.24, 2.45) is 11.1 Å². The molecule has 1 aromatic carbocycles. The first kappa shape index (κ1) is 15.0. The maximum absolute atomic E-state index is 12.0. The summed E-state index contributed by atoms with van der Waals surface area (Å²) in [5, 5.41) is 11.7. The number of carboxylic acids is 1. The van der Waals surface area contributed by atoms with E-state index < -0.39 is 11.4 Å². The molecule has 0 aliphatic carbocycles. The molecule has 0 atom stereocenters. The van der Waals surface area contributed by atoms with E-state index in [9.17, 15) is 9.59 Å². The molecule has 0 unspecified atom stereocenters. The first-order chi connectivity index (χ1) is 8.81. The number of nitrogens with one attached hydrogen (secondary N) is 1. The molecule has 0 aromatic heterocycles. The summed E-state index contributed by atoms with van der Waals surface area (Å²) in [4.78, 5) is 23.1. The van der Waals surface area contributed by atoms with Gasteiger partial charge in [0.25, 0.3) is 0 Å². The number of nitrogens with two attached hydrogens (primary N) is 1. The summed E-state index contributed by atoms with van der Waals surface area (Å²) in [7, 11) is 1.46. The highest BCUT2D eigenvalue weighted by Crippen LogP contribution is 2.25. The van der Waals surface area contributed by atoms with Crippen LogP contribution in [0.1, 0.15) is 24.2 Å². The molecule has 6 nitrogen and oxygen atoms in total. The van der Waals surface area contributed by atoms with Gasteiger partial charge in [-0.2, -0.15) is 0 Å². The van der Waals surface area contributed by atoms with Gasteiger partial charge in [-0.1, -0.05) is 0 Å². The largest absolute Gasteiger partial charge is 0.497 e. The van der Waals surface area contributed by atoms with Crippen molar-refractivity contribution >= 4 is 17.6 Å². The van der Waals surface area contributed by atoms with E-state index in [1.165, 1.54) is 25.3 Å². The molecule has 0 saturated carbocycles. The van der Waals surface area contributed by atoms with Gasteiger partial charge in [-0.25, -0.2) is 4.79 Å². The number of rotatable bonds is 5. The van der Waals surface area contributed by atoms with Gasteiger partial charge in [-0.3, -0.25) is 4.79 Å². The average molecular weight is 266 g/mol. The number of amides is 1. The Morgan fingerprint density at radius 3 is 2.53 bits per heavy atom. The van der Waals surface area contributed by atoms with Crippen molar-refractivity contribution in [1.29, 1.82) is 0 Å². The molecule has 0 heterocycles. The second-order valence-corrected chi connectivity index (χ2v) is 4.76. The van der Waals surface area contributed by atoms with Crippen LogP contribution in [0.25, 0.3) is 0 Å².